The summed E-state index contributed by atoms with van der Waals surface area (Å²) in [6.07, 6.45) is 4.24. The van der Waals surface area contributed by atoms with Crippen molar-refractivity contribution in [2.24, 2.45) is 0 Å². The first-order chi connectivity index (χ1) is 13.8. The van der Waals surface area contributed by atoms with Gasteiger partial charge in [0.15, 0.2) is 6.61 Å². The predicted molar refractivity (Wildman–Crippen MR) is 109 cm³/mol. The second kappa shape index (κ2) is 8.75. The van der Waals surface area contributed by atoms with Gasteiger partial charge in [-0.25, -0.2) is 17.9 Å². The molecular weight excluding hydrogens is 392 g/mol. The number of benzene rings is 2. The molecule has 3 rings (SSSR count). The second-order valence-corrected chi connectivity index (χ2v) is 8.86. The minimum Gasteiger partial charge on any atom is -0.452 e. The topological polar surface area (TPSA) is 102 Å². The van der Waals surface area contributed by atoms with Crippen LogP contribution in [0.15, 0.2) is 41.3 Å². The predicted octanol–water partition coefficient (Wildman–Crippen LogP) is 2.58. The van der Waals surface area contributed by atoms with E-state index in [0.29, 0.717) is 16.8 Å². The van der Waals surface area contributed by atoms with Crippen molar-refractivity contribution in [1.29, 1.82) is 0 Å². The smallest absolute Gasteiger partial charge is 0.338 e. The summed E-state index contributed by atoms with van der Waals surface area (Å²) < 4.78 is 31.4. The van der Waals surface area contributed by atoms with Crippen molar-refractivity contribution in [1.82, 2.24) is 4.72 Å². The van der Waals surface area contributed by atoms with Gasteiger partial charge in [0.05, 0.1) is 10.5 Å². The Morgan fingerprint density at radius 1 is 1.03 bits per heavy atom. The van der Waals surface area contributed by atoms with Crippen molar-refractivity contribution in [3.8, 4) is 0 Å². The van der Waals surface area contributed by atoms with Crippen LogP contribution in [0.25, 0.3) is 0 Å². The monoisotopic (exact) mass is 416 g/mol. The zero-order chi connectivity index (χ0) is 21.0. The summed E-state index contributed by atoms with van der Waals surface area (Å²) in [6, 6.07) is 10.1. The van der Waals surface area contributed by atoms with Crippen LogP contribution in [0.2, 0.25) is 0 Å². The number of carbonyl (C=O) groups is 2. The van der Waals surface area contributed by atoms with Crippen molar-refractivity contribution >= 4 is 27.6 Å². The Hall–Kier alpha value is -2.71. The Balaban J connectivity index is 1.61. The molecule has 0 fully saturated rings. The number of esters is 1. The van der Waals surface area contributed by atoms with Gasteiger partial charge in [-0.1, -0.05) is 12.1 Å². The lowest BCUT2D eigenvalue weighted by Gasteiger charge is -2.16. The number of ether oxygens (including phenoxy) is 1. The van der Waals surface area contributed by atoms with E-state index in [0.717, 1.165) is 31.2 Å². The van der Waals surface area contributed by atoms with Gasteiger partial charge >= 0.3 is 5.97 Å². The number of carbonyl (C=O) groups excluding carboxylic acids is 2. The highest BCUT2D eigenvalue weighted by Gasteiger charge is 2.17. The number of hydrogen-bond acceptors (Lipinski definition) is 5. The number of rotatable bonds is 6. The van der Waals surface area contributed by atoms with Crippen LogP contribution in [0.1, 0.15) is 39.9 Å². The Morgan fingerprint density at radius 3 is 2.48 bits per heavy atom. The third kappa shape index (κ3) is 5.02. The minimum absolute atomic E-state index is 0.0730. The summed E-state index contributed by atoms with van der Waals surface area (Å²) in [6.45, 7) is 1.20. The van der Waals surface area contributed by atoms with E-state index in [1.165, 1.54) is 18.7 Å². The van der Waals surface area contributed by atoms with E-state index in [4.69, 9.17) is 4.74 Å². The van der Waals surface area contributed by atoms with Crippen molar-refractivity contribution in [2.75, 3.05) is 19.0 Å². The van der Waals surface area contributed by atoms with Gasteiger partial charge < -0.3 is 10.1 Å². The molecule has 0 bridgehead atoms. The van der Waals surface area contributed by atoms with Gasteiger partial charge in [0, 0.05) is 5.69 Å². The molecule has 0 aliphatic heterocycles. The molecule has 0 saturated heterocycles. The van der Waals surface area contributed by atoms with Gasteiger partial charge in [-0.2, -0.15) is 0 Å². The molecule has 1 aliphatic rings. The Morgan fingerprint density at radius 2 is 1.76 bits per heavy atom. The van der Waals surface area contributed by atoms with Crippen LogP contribution in [0, 0.1) is 6.92 Å². The molecule has 1 aliphatic carbocycles. The van der Waals surface area contributed by atoms with Gasteiger partial charge in [-0.3, -0.25) is 4.79 Å². The molecule has 0 spiro atoms. The number of anilines is 1. The molecule has 2 aromatic rings. The fraction of sp³-hybridized carbons (Fsp3) is 0.333. The lowest BCUT2D eigenvalue weighted by atomic mass is 9.90. The summed E-state index contributed by atoms with van der Waals surface area (Å²) >= 11 is 0. The van der Waals surface area contributed by atoms with Crippen molar-refractivity contribution in [3.63, 3.8) is 0 Å². The molecule has 2 aromatic carbocycles. The minimum atomic E-state index is -3.64. The normalized spacial score (nSPS) is 13.4. The van der Waals surface area contributed by atoms with Crippen LogP contribution in [-0.4, -0.2) is 33.9 Å². The van der Waals surface area contributed by atoms with Crippen molar-refractivity contribution in [2.45, 2.75) is 37.5 Å². The first kappa shape index (κ1) is 21.0. The van der Waals surface area contributed by atoms with Crippen LogP contribution >= 0.6 is 0 Å². The fourth-order valence-corrected chi connectivity index (χ4v) is 4.34. The molecule has 0 aromatic heterocycles. The fourth-order valence-electron chi connectivity index (χ4n) is 3.35. The molecule has 7 nitrogen and oxygen atoms in total. The quantitative estimate of drug-likeness (QED) is 0.705. The molecule has 0 heterocycles. The van der Waals surface area contributed by atoms with Gasteiger partial charge in [0.1, 0.15) is 0 Å². The van der Waals surface area contributed by atoms with Crippen molar-refractivity contribution in [3.05, 3.63) is 58.7 Å². The van der Waals surface area contributed by atoms with Crippen LogP contribution in [-0.2, 0) is 32.4 Å². The van der Waals surface area contributed by atoms with E-state index in [2.05, 4.69) is 10.0 Å². The third-order valence-electron chi connectivity index (χ3n) is 4.95. The molecule has 0 atom stereocenters. The number of hydrogen-bond donors (Lipinski definition) is 2. The van der Waals surface area contributed by atoms with E-state index in [1.54, 1.807) is 25.1 Å². The summed E-state index contributed by atoms with van der Waals surface area (Å²) in [5, 5.41) is 2.55. The molecule has 0 radical (unpaired) electrons. The molecule has 154 valence electrons. The van der Waals surface area contributed by atoms with E-state index in [-0.39, 0.29) is 4.90 Å². The molecule has 1 amide bonds. The van der Waals surface area contributed by atoms with Gasteiger partial charge in [-0.15, -0.1) is 0 Å². The molecule has 29 heavy (non-hydrogen) atoms. The van der Waals surface area contributed by atoms with Crippen LogP contribution in [0.3, 0.4) is 0 Å². The SMILES string of the molecule is CNS(=O)(=O)c1cc(NC(=O)COC(=O)c2ccc3c(c2)CCCC3)ccc1C. The van der Waals surface area contributed by atoms with Gasteiger partial charge in [-0.05, 0) is 80.6 Å². The maximum absolute atomic E-state index is 12.3. The first-order valence-electron chi connectivity index (χ1n) is 9.43. The van der Waals surface area contributed by atoms with Crippen LogP contribution in [0.4, 0.5) is 5.69 Å². The Kier molecular flexibility index (Phi) is 6.34. The average molecular weight is 416 g/mol. The first-order valence-corrected chi connectivity index (χ1v) is 10.9. The number of aryl methyl sites for hydroxylation is 3. The maximum atomic E-state index is 12.3. The van der Waals surface area contributed by atoms with Crippen molar-refractivity contribution < 1.29 is 22.7 Å². The maximum Gasteiger partial charge on any atom is 0.338 e. The Bertz CT molecular complexity index is 1050. The number of amides is 1. The number of sulfonamides is 1. The zero-order valence-corrected chi connectivity index (χ0v) is 17.3. The lowest BCUT2D eigenvalue weighted by Crippen LogP contribution is -2.22. The highest BCUT2D eigenvalue weighted by atomic mass is 32.2. The second-order valence-electron chi connectivity index (χ2n) is 7.00. The molecule has 2 N–H and O–H groups in total. The number of nitrogens with one attached hydrogen (secondary N) is 2. The largest absolute Gasteiger partial charge is 0.452 e. The highest BCUT2D eigenvalue weighted by Crippen LogP contribution is 2.23. The van der Waals surface area contributed by atoms with Gasteiger partial charge in [0.25, 0.3) is 5.91 Å². The molecule has 0 unspecified atom stereocenters. The molecular formula is C21H24N2O5S. The lowest BCUT2D eigenvalue weighted by molar-refractivity contribution is -0.119. The molecule has 8 heteroatoms. The van der Waals surface area contributed by atoms with E-state index < -0.39 is 28.5 Å². The zero-order valence-electron chi connectivity index (χ0n) is 16.4. The van der Waals surface area contributed by atoms with Crippen LogP contribution < -0.4 is 10.0 Å². The highest BCUT2D eigenvalue weighted by molar-refractivity contribution is 7.89. The standard InChI is InChI=1S/C21H24N2O5S/c1-14-7-10-18(12-19(14)29(26,27)22-2)23-20(24)13-28-21(25)17-9-8-15-5-3-4-6-16(15)11-17/h7-12,22H,3-6,13H2,1-2H3,(H,23,24). The third-order valence-corrected chi connectivity index (χ3v) is 6.51. The van der Waals surface area contributed by atoms with E-state index in [9.17, 15) is 18.0 Å². The van der Waals surface area contributed by atoms with Gasteiger partial charge in [0.2, 0.25) is 10.0 Å². The molecule has 0 saturated carbocycles. The number of fused-ring (bicyclic) bond motifs is 1. The van der Waals surface area contributed by atoms with E-state index >= 15 is 0 Å². The van der Waals surface area contributed by atoms with E-state index in [1.807, 2.05) is 12.1 Å². The summed E-state index contributed by atoms with van der Waals surface area (Å²) in [5.74, 6) is -1.11. The summed E-state index contributed by atoms with van der Waals surface area (Å²) in [7, 11) is -2.32. The van der Waals surface area contributed by atoms with Crippen LogP contribution in [0.5, 0.6) is 0 Å². The summed E-state index contributed by atoms with van der Waals surface area (Å²) in [5.41, 5.74) is 3.71. The Labute approximate surface area is 170 Å². The average Bonchev–Trinajstić information content (AvgIpc) is 2.72. The summed E-state index contributed by atoms with van der Waals surface area (Å²) in [4.78, 5) is 24.5.